The minimum Gasteiger partial charge on any atom is -0.483 e. The van der Waals surface area contributed by atoms with Crippen LogP contribution in [0.15, 0.2) is 30.3 Å². The van der Waals surface area contributed by atoms with Gasteiger partial charge < -0.3 is 10.1 Å². The number of ether oxygens (including phenoxy) is 1. The van der Waals surface area contributed by atoms with E-state index < -0.39 is 0 Å². The van der Waals surface area contributed by atoms with Gasteiger partial charge in [0.1, 0.15) is 12.0 Å². The Morgan fingerprint density at radius 2 is 1.61 bits per heavy atom. The predicted octanol–water partition coefficient (Wildman–Crippen LogP) is 3.75. The van der Waals surface area contributed by atoms with Gasteiger partial charge in [0.05, 0.1) is 0 Å². The first-order valence-electron chi connectivity index (χ1n) is 7.47. The summed E-state index contributed by atoms with van der Waals surface area (Å²) in [6.07, 6.45) is 0.803. The molecular formula is C19H21NO3. The van der Waals surface area contributed by atoms with Crippen molar-refractivity contribution < 1.29 is 14.3 Å². The second-order valence-corrected chi connectivity index (χ2v) is 5.71. The summed E-state index contributed by atoms with van der Waals surface area (Å²) in [6, 6.07) is 9.36. The van der Waals surface area contributed by atoms with E-state index in [1.54, 1.807) is 12.1 Å². The number of para-hydroxylation sites is 1. The van der Waals surface area contributed by atoms with Crippen LogP contribution >= 0.6 is 0 Å². The largest absolute Gasteiger partial charge is 0.483 e. The highest BCUT2D eigenvalue weighted by molar-refractivity contribution is 5.93. The van der Waals surface area contributed by atoms with Crippen LogP contribution in [0.5, 0.6) is 5.75 Å². The number of hydrogen-bond acceptors (Lipinski definition) is 3. The van der Waals surface area contributed by atoms with Gasteiger partial charge in [0, 0.05) is 11.3 Å². The molecule has 0 heterocycles. The van der Waals surface area contributed by atoms with Crippen molar-refractivity contribution in [2.45, 2.75) is 27.7 Å². The molecule has 0 unspecified atom stereocenters. The van der Waals surface area contributed by atoms with E-state index in [4.69, 9.17) is 4.74 Å². The van der Waals surface area contributed by atoms with E-state index in [0.29, 0.717) is 11.3 Å². The smallest absolute Gasteiger partial charge is 0.262 e. The minimum absolute atomic E-state index is 0.0735. The second kappa shape index (κ2) is 7.09. The zero-order chi connectivity index (χ0) is 17.0. The molecule has 2 rings (SSSR count). The second-order valence-electron chi connectivity index (χ2n) is 5.71. The van der Waals surface area contributed by atoms with Crippen LogP contribution in [0.3, 0.4) is 0 Å². The lowest BCUT2D eigenvalue weighted by molar-refractivity contribution is -0.118. The SMILES string of the molecule is Cc1cccc(C)c1NC(=O)COc1c(C)cc(C=O)cc1C. The highest BCUT2D eigenvalue weighted by atomic mass is 16.5. The molecule has 0 fully saturated rings. The van der Waals surface area contributed by atoms with Crippen LogP contribution in [0.4, 0.5) is 5.69 Å². The van der Waals surface area contributed by atoms with Crippen molar-refractivity contribution in [2.75, 3.05) is 11.9 Å². The average molecular weight is 311 g/mol. The predicted molar refractivity (Wildman–Crippen MR) is 91.3 cm³/mol. The fraction of sp³-hybridized carbons (Fsp3) is 0.263. The van der Waals surface area contributed by atoms with Crippen LogP contribution in [0.1, 0.15) is 32.6 Å². The summed E-state index contributed by atoms with van der Waals surface area (Å²) in [5, 5.41) is 2.89. The number of carbonyl (C=O) groups excluding carboxylic acids is 2. The van der Waals surface area contributed by atoms with Gasteiger partial charge in [0.2, 0.25) is 0 Å². The molecule has 0 bridgehead atoms. The molecule has 0 saturated heterocycles. The number of hydrogen-bond donors (Lipinski definition) is 1. The van der Waals surface area contributed by atoms with Crippen LogP contribution in [0.2, 0.25) is 0 Å². The van der Waals surface area contributed by atoms with Gasteiger partial charge in [-0.3, -0.25) is 9.59 Å². The van der Waals surface area contributed by atoms with Gasteiger partial charge in [-0.15, -0.1) is 0 Å². The van der Waals surface area contributed by atoms with E-state index >= 15 is 0 Å². The van der Waals surface area contributed by atoms with E-state index in [9.17, 15) is 9.59 Å². The Hall–Kier alpha value is -2.62. The van der Waals surface area contributed by atoms with Crippen molar-refractivity contribution in [1.29, 1.82) is 0 Å². The topological polar surface area (TPSA) is 55.4 Å². The Balaban J connectivity index is 2.07. The van der Waals surface area contributed by atoms with Gasteiger partial charge in [-0.1, -0.05) is 18.2 Å². The van der Waals surface area contributed by atoms with Crippen LogP contribution in [0.25, 0.3) is 0 Å². The number of aryl methyl sites for hydroxylation is 4. The Kier molecular flexibility index (Phi) is 5.16. The number of nitrogens with one attached hydrogen (secondary N) is 1. The summed E-state index contributed by atoms with van der Waals surface area (Å²) >= 11 is 0. The number of benzene rings is 2. The molecule has 0 radical (unpaired) electrons. The van der Waals surface area contributed by atoms with Gasteiger partial charge in [-0.05, 0) is 62.1 Å². The molecule has 1 amide bonds. The molecule has 2 aromatic carbocycles. The van der Waals surface area contributed by atoms with E-state index in [-0.39, 0.29) is 12.5 Å². The molecule has 4 nitrogen and oxygen atoms in total. The Labute approximate surface area is 136 Å². The molecule has 120 valence electrons. The van der Waals surface area contributed by atoms with Gasteiger partial charge in [-0.2, -0.15) is 0 Å². The maximum atomic E-state index is 12.1. The van der Waals surface area contributed by atoms with Crippen LogP contribution in [-0.2, 0) is 4.79 Å². The summed E-state index contributed by atoms with van der Waals surface area (Å²) < 4.78 is 5.65. The Morgan fingerprint density at radius 1 is 1.04 bits per heavy atom. The molecule has 0 atom stereocenters. The molecule has 0 aliphatic carbocycles. The summed E-state index contributed by atoms with van der Waals surface area (Å²) in [5.74, 6) is 0.438. The first-order chi connectivity index (χ1) is 10.9. The molecule has 0 spiro atoms. The molecular weight excluding hydrogens is 290 g/mol. The monoisotopic (exact) mass is 311 g/mol. The molecule has 23 heavy (non-hydrogen) atoms. The third kappa shape index (κ3) is 3.97. The molecule has 4 heteroatoms. The molecule has 0 aromatic heterocycles. The van der Waals surface area contributed by atoms with Crippen molar-refractivity contribution in [2.24, 2.45) is 0 Å². The lowest BCUT2D eigenvalue weighted by Crippen LogP contribution is -2.21. The van der Waals surface area contributed by atoms with Crippen LogP contribution in [0, 0.1) is 27.7 Å². The van der Waals surface area contributed by atoms with Gasteiger partial charge >= 0.3 is 0 Å². The zero-order valence-electron chi connectivity index (χ0n) is 13.9. The van der Waals surface area contributed by atoms with E-state index in [1.165, 1.54) is 0 Å². The number of rotatable bonds is 5. The van der Waals surface area contributed by atoms with E-state index in [1.807, 2.05) is 45.9 Å². The summed E-state index contributed by atoms with van der Waals surface area (Å²) in [4.78, 5) is 23.0. The fourth-order valence-corrected chi connectivity index (χ4v) is 2.60. The Bertz CT molecular complexity index is 707. The van der Waals surface area contributed by atoms with Crippen molar-refractivity contribution in [1.82, 2.24) is 0 Å². The third-order valence-electron chi connectivity index (χ3n) is 3.71. The van der Waals surface area contributed by atoms with E-state index in [0.717, 1.165) is 34.2 Å². The highest BCUT2D eigenvalue weighted by Gasteiger charge is 2.11. The summed E-state index contributed by atoms with van der Waals surface area (Å²) in [7, 11) is 0. The molecule has 2 aromatic rings. The maximum Gasteiger partial charge on any atom is 0.262 e. The summed E-state index contributed by atoms with van der Waals surface area (Å²) in [5.41, 5.74) is 5.14. The molecule has 0 saturated carbocycles. The van der Waals surface area contributed by atoms with Crippen molar-refractivity contribution in [3.8, 4) is 5.75 Å². The van der Waals surface area contributed by atoms with Crippen molar-refractivity contribution >= 4 is 17.9 Å². The van der Waals surface area contributed by atoms with E-state index in [2.05, 4.69) is 5.32 Å². The first kappa shape index (κ1) is 16.7. The van der Waals surface area contributed by atoms with Gasteiger partial charge in [-0.25, -0.2) is 0 Å². The number of amides is 1. The first-order valence-corrected chi connectivity index (χ1v) is 7.47. The van der Waals surface area contributed by atoms with Gasteiger partial charge in [0.25, 0.3) is 5.91 Å². The molecule has 0 aliphatic heterocycles. The maximum absolute atomic E-state index is 12.1. The van der Waals surface area contributed by atoms with Gasteiger partial charge in [0.15, 0.2) is 6.61 Å². The molecule has 1 N–H and O–H groups in total. The minimum atomic E-state index is -0.208. The van der Waals surface area contributed by atoms with Crippen LogP contribution < -0.4 is 10.1 Å². The normalized spacial score (nSPS) is 10.3. The fourth-order valence-electron chi connectivity index (χ4n) is 2.60. The van der Waals surface area contributed by atoms with Crippen molar-refractivity contribution in [3.63, 3.8) is 0 Å². The lowest BCUT2D eigenvalue weighted by Gasteiger charge is -2.14. The third-order valence-corrected chi connectivity index (χ3v) is 3.71. The number of carbonyl (C=O) groups is 2. The van der Waals surface area contributed by atoms with Crippen molar-refractivity contribution in [3.05, 3.63) is 58.1 Å². The quantitative estimate of drug-likeness (QED) is 0.856. The molecule has 0 aliphatic rings. The zero-order valence-corrected chi connectivity index (χ0v) is 13.9. The number of aldehydes is 1. The average Bonchev–Trinajstić information content (AvgIpc) is 2.50. The lowest BCUT2D eigenvalue weighted by atomic mass is 10.1. The highest BCUT2D eigenvalue weighted by Crippen LogP contribution is 2.24. The summed E-state index contributed by atoms with van der Waals surface area (Å²) in [6.45, 7) is 7.55. The van der Waals surface area contributed by atoms with Crippen LogP contribution in [-0.4, -0.2) is 18.8 Å². The Morgan fingerprint density at radius 3 is 2.13 bits per heavy atom. The standard InChI is InChI=1S/C19H21NO3/c1-12-6-5-7-13(2)18(12)20-17(22)11-23-19-14(3)8-16(10-21)9-15(19)4/h5-10H,11H2,1-4H3,(H,20,22). The number of anilines is 1.